The smallest absolute Gasteiger partial charge is 0.125 e. The zero-order valence-corrected chi connectivity index (χ0v) is 11.9. The van der Waals surface area contributed by atoms with Crippen molar-refractivity contribution in [3.63, 3.8) is 0 Å². The van der Waals surface area contributed by atoms with Gasteiger partial charge >= 0.3 is 0 Å². The van der Waals surface area contributed by atoms with Gasteiger partial charge in [0.05, 0.1) is 5.69 Å². The molecule has 0 aromatic carbocycles. The van der Waals surface area contributed by atoms with Crippen molar-refractivity contribution in [2.75, 3.05) is 0 Å². The molecule has 2 saturated carbocycles. The molecule has 1 aromatic heterocycles. The topological polar surface area (TPSA) is 37.8 Å². The monoisotopic (exact) mass is 259 g/mol. The highest BCUT2D eigenvalue weighted by atomic mass is 15.0. The molecule has 2 fully saturated rings. The van der Waals surface area contributed by atoms with Gasteiger partial charge in [0.1, 0.15) is 5.82 Å². The standard InChI is InChI=1S/C16H25N3/c1-12-17-9-8-16(19-12)11-18-15-7-6-13-4-2-3-5-14(13)10-15/h8-9,13-15,18H,2-7,10-11H2,1H3. The van der Waals surface area contributed by atoms with Gasteiger partial charge in [0.25, 0.3) is 0 Å². The number of hydrogen-bond donors (Lipinski definition) is 1. The summed E-state index contributed by atoms with van der Waals surface area (Å²) < 4.78 is 0. The third-order valence-corrected chi connectivity index (χ3v) is 4.95. The van der Waals surface area contributed by atoms with Gasteiger partial charge in [0.2, 0.25) is 0 Å². The second kappa shape index (κ2) is 6.00. The minimum absolute atomic E-state index is 0.703. The average Bonchev–Trinajstić information content (AvgIpc) is 2.45. The van der Waals surface area contributed by atoms with Crippen molar-refractivity contribution in [2.24, 2.45) is 11.8 Å². The first kappa shape index (κ1) is 13.0. The predicted molar refractivity (Wildman–Crippen MR) is 76.7 cm³/mol. The molecular weight excluding hydrogens is 234 g/mol. The number of fused-ring (bicyclic) bond motifs is 1. The first-order valence-corrected chi connectivity index (χ1v) is 7.83. The zero-order valence-electron chi connectivity index (χ0n) is 11.9. The fourth-order valence-electron chi connectivity index (χ4n) is 3.91. The molecule has 104 valence electrons. The summed E-state index contributed by atoms with van der Waals surface area (Å²) in [5.41, 5.74) is 1.12. The molecule has 3 nitrogen and oxygen atoms in total. The molecule has 0 amide bonds. The number of rotatable bonds is 3. The summed E-state index contributed by atoms with van der Waals surface area (Å²) in [6.45, 7) is 2.85. The van der Waals surface area contributed by atoms with Crippen LogP contribution in [-0.4, -0.2) is 16.0 Å². The van der Waals surface area contributed by atoms with Crippen LogP contribution in [0.4, 0.5) is 0 Å². The molecule has 0 aliphatic heterocycles. The zero-order chi connectivity index (χ0) is 13.1. The fourth-order valence-corrected chi connectivity index (χ4v) is 3.91. The molecule has 3 heteroatoms. The third kappa shape index (κ3) is 3.33. The third-order valence-electron chi connectivity index (χ3n) is 4.95. The van der Waals surface area contributed by atoms with E-state index in [0.717, 1.165) is 29.9 Å². The van der Waals surface area contributed by atoms with Crippen LogP contribution in [0.1, 0.15) is 56.5 Å². The number of nitrogens with one attached hydrogen (secondary N) is 1. The van der Waals surface area contributed by atoms with E-state index in [1.807, 2.05) is 19.2 Å². The van der Waals surface area contributed by atoms with Crippen LogP contribution in [0.2, 0.25) is 0 Å². The molecule has 0 spiro atoms. The van der Waals surface area contributed by atoms with Gasteiger partial charge in [-0.2, -0.15) is 0 Å². The highest BCUT2D eigenvalue weighted by Crippen LogP contribution is 2.40. The van der Waals surface area contributed by atoms with E-state index in [2.05, 4.69) is 15.3 Å². The maximum absolute atomic E-state index is 4.47. The molecule has 2 aliphatic carbocycles. The first-order valence-electron chi connectivity index (χ1n) is 7.83. The van der Waals surface area contributed by atoms with Crippen LogP contribution in [0.5, 0.6) is 0 Å². The second-order valence-corrected chi connectivity index (χ2v) is 6.29. The highest BCUT2D eigenvalue weighted by Gasteiger charge is 2.31. The maximum atomic E-state index is 4.47. The number of nitrogens with zero attached hydrogens (tertiary/aromatic N) is 2. The van der Waals surface area contributed by atoms with E-state index in [0.29, 0.717) is 6.04 Å². The Kier molecular flexibility index (Phi) is 4.12. The Balaban J connectivity index is 1.51. The van der Waals surface area contributed by atoms with Crippen molar-refractivity contribution in [1.82, 2.24) is 15.3 Å². The van der Waals surface area contributed by atoms with Crippen molar-refractivity contribution < 1.29 is 0 Å². The van der Waals surface area contributed by atoms with Crippen LogP contribution in [-0.2, 0) is 6.54 Å². The van der Waals surface area contributed by atoms with Crippen LogP contribution in [0.25, 0.3) is 0 Å². The molecule has 0 saturated heterocycles. The van der Waals surface area contributed by atoms with Gasteiger partial charge < -0.3 is 5.32 Å². The Morgan fingerprint density at radius 1 is 1.16 bits per heavy atom. The number of aromatic nitrogens is 2. The Morgan fingerprint density at radius 3 is 2.84 bits per heavy atom. The minimum Gasteiger partial charge on any atom is -0.308 e. The summed E-state index contributed by atoms with van der Waals surface area (Å²) in [4.78, 5) is 8.62. The quantitative estimate of drug-likeness (QED) is 0.905. The Morgan fingerprint density at radius 2 is 2.00 bits per heavy atom. The van der Waals surface area contributed by atoms with Crippen LogP contribution in [0, 0.1) is 18.8 Å². The lowest BCUT2D eigenvalue weighted by Gasteiger charge is -2.39. The molecule has 1 heterocycles. The molecule has 19 heavy (non-hydrogen) atoms. The highest BCUT2D eigenvalue weighted by molar-refractivity contribution is 5.01. The molecule has 0 radical (unpaired) electrons. The van der Waals surface area contributed by atoms with Gasteiger partial charge in [-0.15, -0.1) is 0 Å². The number of hydrogen-bond acceptors (Lipinski definition) is 3. The van der Waals surface area contributed by atoms with Gasteiger partial charge in [0, 0.05) is 18.8 Å². The summed E-state index contributed by atoms with van der Waals surface area (Å²) in [6, 6.07) is 2.72. The SMILES string of the molecule is Cc1nccc(CNC2CCC3CCCCC3C2)n1. The second-order valence-electron chi connectivity index (χ2n) is 6.29. The summed E-state index contributed by atoms with van der Waals surface area (Å²) in [7, 11) is 0. The molecule has 1 N–H and O–H groups in total. The van der Waals surface area contributed by atoms with Crippen molar-refractivity contribution in [1.29, 1.82) is 0 Å². The number of aryl methyl sites for hydroxylation is 1. The molecule has 3 atom stereocenters. The fraction of sp³-hybridized carbons (Fsp3) is 0.750. The Hall–Kier alpha value is -0.960. The molecule has 2 aliphatic rings. The molecular formula is C16H25N3. The lowest BCUT2D eigenvalue weighted by atomic mass is 9.69. The van der Waals surface area contributed by atoms with Gasteiger partial charge in [-0.05, 0) is 44.1 Å². The van der Waals surface area contributed by atoms with E-state index in [9.17, 15) is 0 Å². The van der Waals surface area contributed by atoms with Crippen molar-refractivity contribution >= 4 is 0 Å². The van der Waals surface area contributed by atoms with Crippen molar-refractivity contribution in [3.05, 3.63) is 23.8 Å². The van der Waals surface area contributed by atoms with E-state index in [1.54, 1.807) is 0 Å². The first-order chi connectivity index (χ1) is 9.31. The summed E-state index contributed by atoms with van der Waals surface area (Å²) in [5, 5.41) is 3.71. The molecule has 0 bridgehead atoms. The average molecular weight is 259 g/mol. The summed E-state index contributed by atoms with van der Waals surface area (Å²) in [5.74, 6) is 2.90. The van der Waals surface area contributed by atoms with Crippen LogP contribution >= 0.6 is 0 Å². The summed E-state index contributed by atoms with van der Waals surface area (Å²) in [6.07, 6.45) is 11.9. The lowest BCUT2D eigenvalue weighted by molar-refractivity contribution is 0.143. The van der Waals surface area contributed by atoms with E-state index in [-0.39, 0.29) is 0 Å². The van der Waals surface area contributed by atoms with Crippen molar-refractivity contribution in [2.45, 2.75) is 64.5 Å². The largest absolute Gasteiger partial charge is 0.308 e. The van der Waals surface area contributed by atoms with Crippen LogP contribution in [0.15, 0.2) is 12.3 Å². The summed E-state index contributed by atoms with van der Waals surface area (Å²) >= 11 is 0. The molecule has 3 rings (SSSR count). The molecule has 1 aromatic rings. The lowest BCUT2D eigenvalue weighted by Crippen LogP contribution is -2.38. The van der Waals surface area contributed by atoms with E-state index < -0.39 is 0 Å². The predicted octanol–water partition coefficient (Wildman–Crippen LogP) is 3.23. The minimum atomic E-state index is 0.703. The maximum Gasteiger partial charge on any atom is 0.125 e. The van der Waals surface area contributed by atoms with Gasteiger partial charge in [-0.1, -0.05) is 25.7 Å². The van der Waals surface area contributed by atoms with E-state index in [4.69, 9.17) is 0 Å². The van der Waals surface area contributed by atoms with Gasteiger partial charge in [0.15, 0.2) is 0 Å². The Bertz CT molecular complexity index is 418. The van der Waals surface area contributed by atoms with Crippen molar-refractivity contribution in [3.8, 4) is 0 Å². The normalized spacial score (nSPS) is 30.9. The van der Waals surface area contributed by atoms with Gasteiger partial charge in [-0.3, -0.25) is 0 Å². The van der Waals surface area contributed by atoms with E-state index >= 15 is 0 Å². The van der Waals surface area contributed by atoms with Gasteiger partial charge in [-0.25, -0.2) is 9.97 Å². The Labute approximate surface area is 116 Å². The van der Waals surface area contributed by atoms with Crippen LogP contribution in [0.3, 0.4) is 0 Å². The van der Waals surface area contributed by atoms with Crippen LogP contribution < -0.4 is 5.32 Å². The molecule has 3 unspecified atom stereocenters. The van der Waals surface area contributed by atoms with E-state index in [1.165, 1.54) is 44.9 Å².